The largest absolute Gasteiger partial charge is 0.497 e. The number of piperidine rings is 1. The molecule has 3 nitrogen and oxygen atoms in total. The molecule has 0 bridgehead atoms. The first kappa shape index (κ1) is 9.90. The van der Waals surface area contributed by atoms with Crippen LogP contribution < -0.4 is 0 Å². The molecule has 0 aromatic rings. The highest BCUT2D eigenvalue weighted by Crippen LogP contribution is 2.37. The van der Waals surface area contributed by atoms with Gasteiger partial charge in [-0.2, -0.15) is 0 Å². The molecule has 0 spiro atoms. The van der Waals surface area contributed by atoms with E-state index in [4.69, 9.17) is 4.74 Å². The average Bonchev–Trinajstić information content (AvgIpc) is 2.64. The molecule has 2 aliphatic heterocycles. The molecule has 1 amide bonds. The summed E-state index contributed by atoms with van der Waals surface area (Å²) in [6.45, 7) is 2.15. The smallest absolute Gasteiger partial charge is 0.234 e. The fraction of sp³-hybridized carbons (Fsp3) is 0.700. The molecule has 0 radical (unpaired) electrons. The number of ether oxygens (including phenoxy) is 1. The van der Waals surface area contributed by atoms with Crippen LogP contribution in [0, 0.1) is 11.8 Å². The van der Waals surface area contributed by atoms with Crippen LogP contribution in [0.3, 0.4) is 0 Å². The van der Waals surface area contributed by atoms with E-state index in [9.17, 15) is 4.79 Å². The van der Waals surface area contributed by atoms with Crippen LogP contribution in [-0.2, 0) is 9.53 Å². The van der Waals surface area contributed by atoms with E-state index in [2.05, 4.69) is 6.92 Å². The van der Waals surface area contributed by atoms with Crippen molar-refractivity contribution in [3.8, 4) is 0 Å². The number of hydrogen-bond acceptors (Lipinski definition) is 3. The number of hydrogen-bond donors (Lipinski definition) is 0. The summed E-state index contributed by atoms with van der Waals surface area (Å²) in [5.41, 5.74) is 0. The van der Waals surface area contributed by atoms with Gasteiger partial charge in [0.05, 0.1) is 17.6 Å². The van der Waals surface area contributed by atoms with E-state index in [-0.39, 0.29) is 23.3 Å². The van der Waals surface area contributed by atoms with Gasteiger partial charge in [0, 0.05) is 13.0 Å². The van der Waals surface area contributed by atoms with Crippen molar-refractivity contribution in [3.05, 3.63) is 12.3 Å². The molecular formula is C10H15NO2S. The lowest BCUT2D eigenvalue weighted by molar-refractivity contribution is -0.143. The van der Waals surface area contributed by atoms with Gasteiger partial charge < -0.3 is 9.64 Å². The first-order valence-corrected chi connectivity index (χ1v) is 6.07. The van der Waals surface area contributed by atoms with Crippen molar-refractivity contribution in [1.82, 2.24) is 4.90 Å². The summed E-state index contributed by atoms with van der Waals surface area (Å²) in [6, 6.07) is 0. The van der Waals surface area contributed by atoms with Crippen LogP contribution in [0.2, 0.25) is 0 Å². The van der Waals surface area contributed by atoms with Crippen LogP contribution in [0.5, 0.6) is 0 Å². The highest BCUT2D eigenvalue weighted by Gasteiger charge is 2.46. The third-order valence-electron chi connectivity index (χ3n) is 3.10. The van der Waals surface area contributed by atoms with E-state index in [1.807, 2.05) is 24.3 Å². The lowest BCUT2D eigenvalue weighted by atomic mass is 9.87. The quantitative estimate of drug-likeness (QED) is 0.658. The maximum atomic E-state index is 11.9. The molecule has 0 saturated carbocycles. The number of carbonyl (C=O) groups excluding carboxylic acids is 1. The predicted molar refractivity (Wildman–Crippen MR) is 56.7 cm³/mol. The summed E-state index contributed by atoms with van der Waals surface area (Å²) in [5.74, 6) is 0.507. The number of thioether (sulfide) groups is 1. The Labute approximate surface area is 88.5 Å². The van der Waals surface area contributed by atoms with Gasteiger partial charge in [0.15, 0.2) is 0 Å². The lowest BCUT2D eigenvalue weighted by Crippen LogP contribution is -2.54. The molecule has 0 aromatic carbocycles. The summed E-state index contributed by atoms with van der Waals surface area (Å²) in [6.07, 6.45) is 5.63. The number of nitrogens with zero attached hydrogens (tertiary/aromatic N) is 1. The SMILES string of the molecule is CS[C@@H]1[C@H](C)[C@@H]2OC=C[C@@H]2C(=O)N1C. The lowest BCUT2D eigenvalue weighted by Gasteiger charge is -2.42. The number of fused-ring (bicyclic) bond motifs is 1. The number of carbonyl (C=O) groups is 1. The van der Waals surface area contributed by atoms with E-state index in [1.165, 1.54) is 0 Å². The van der Waals surface area contributed by atoms with E-state index < -0.39 is 0 Å². The predicted octanol–water partition coefficient (Wildman–Crippen LogP) is 1.31. The normalized spacial score (nSPS) is 41.1. The van der Waals surface area contributed by atoms with Crippen molar-refractivity contribution in [2.45, 2.75) is 18.4 Å². The van der Waals surface area contributed by atoms with Gasteiger partial charge in [0.25, 0.3) is 0 Å². The molecule has 2 aliphatic rings. The minimum atomic E-state index is -0.0570. The van der Waals surface area contributed by atoms with Crippen molar-refractivity contribution >= 4 is 17.7 Å². The Kier molecular flexibility index (Phi) is 2.47. The molecule has 4 heteroatoms. The molecule has 0 aromatic heterocycles. The van der Waals surface area contributed by atoms with E-state index in [1.54, 1.807) is 18.0 Å². The van der Waals surface area contributed by atoms with Gasteiger partial charge in [-0.1, -0.05) is 6.92 Å². The number of likely N-dealkylation sites (tertiary alicyclic amines) is 1. The Hall–Kier alpha value is -0.640. The second-order valence-corrected chi connectivity index (χ2v) is 4.84. The summed E-state index contributed by atoms with van der Waals surface area (Å²) in [4.78, 5) is 13.7. The summed E-state index contributed by atoms with van der Waals surface area (Å²) < 4.78 is 5.48. The summed E-state index contributed by atoms with van der Waals surface area (Å²) in [5, 5.41) is 0.239. The Morgan fingerprint density at radius 3 is 2.93 bits per heavy atom. The van der Waals surface area contributed by atoms with Crippen molar-refractivity contribution in [3.63, 3.8) is 0 Å². The molecule has 2 heterocycles. The highest BCUT2D eigenvalue weighted by molar-refractivity contribution is 7.99. The second-order valence-electron chi connectivity index (χ2n) is 3.89. The van der Waals surface area contributed by atoms with Gasteiger partial charge in [-0.05, 0) is 12.3 Å². The Morgan fingerprint density at radius 1 is 1.57 bits per heavy atom. The van der Waals surface area contributed by atoms with E-state index in [0.29, 0.717) is 5.92 Å². The zero-order chi connectivity index (χ0) is 10.3. The van der Waals surface area contributed by atoms with Crippen LogP contribution in [0.4, 0.5) is 0 Å². The number of amides is 1. The Balaban J connectivity index is 2.25. The van der Waals surface area contributed by atoms with Crippen molar-refractivity contribution in [1.29, 1.82) is 0 Å². The average molecular weight is 213 g/mol. The van der Waals surface area contributed by atoms with Gasteiger partial charge in [-0.3, -0.25) is 4.79 Å². The number of rotatable bonds is 1. The first-order valence-electron chi connectivity index (χ1n) is 4.78. The molecule has 2 rings (SSSR count). The van der Waals surface area contributed by atoms with Crippen LogP contribution in [0.1, 0.15) is 6.92 Å². The summed E-state index contributed by atoms with van der Waals surface area (Å²) >= 11 is 1.71. The molecule has 4 atom stereocenters. The monoisotopic (exact) mass is 213 g/mol. The minimum Gasteiger partial charge on any atom is -0.497 e. The van der Waals surface area contributed by atoms with Gasteiger partial charge in [0.1, 0.15) is 6.10 Å². The van der Waals surface area contributed by atoms with Crippen molar-refractivity contribution < 1.29 is 9.53 Å². The molecule has 0 aliphatic carbocycles. The third kappa shape index (κ3) is 1.24. The van der Waals surface area contributed by atoms with Gasteiger partial charge >= 0.3 is 0 Å². The van der Waals surface area contributed by atoms with E-state index in [0.717, 1.165) is 0 Å². The van der Waals surface area contributed by atoms with Crippen LogP contribution in [0.25, 0.3) is 0 Å². The molecule has 0 unspecified atom stereocenters. The third-order valence-corrected chi connectivity index (χ3v) is 4.33. The topological polar surface area (TPSA) is 29.5 Å². The molecular weight excluding hydrogens is 198 g/mol. The maximum Gasteiger partial charge on any atom is 0.234 e. The second kappa shape index (κ2) is 3.50. The fourth-order valence-electron chi connectivity index (χ4n) is 2.34. The zero-order valence-corrected chi connectivity index (χ0v) is 9.45. The Bertz CT molecular complexity index is 277. The standard InChI is InChI=1S/C10H15NO2S/c1-6-8-7(4-5-13-8)9(12)11(2)10(6)14-3/h4-8,10H,1-3H3/t6-,7+,8+,10-/m1/s1. The molecule has 1 saturated heterocycles. The van der Waals surface area contributed by atoms with Crippen molar-refractivity contribution in [2.75, 3.05) is 13.3 Å². The Morgan fingerprint density at radius 2 is 2.29 bits per heavy atom. The molecule has 78 valence electrons. The van der Waals surface area contributed by atoms with Gasteiger partial charge in [-0.25, -0.2) is 0 Å². The molecule has 14 heavy (non-hydrogen) atoms. The van der Waals surface area contributed by atoms with E-state index >= 15 is 0 Å². The summed E-state index contributed by atoms with van der Waals surface area (Å²) in [7, 11) is 1.88. The highest BCUT2D eigenvalue weighted by atomic mass is 32.2. The van der Waals surface area contributed by atoms with Gasteiger partial charge in [0.2, 0.25) is 5.91 Å². The zero-order valence-electron chi connectivity index (χ0n) is 8.64. The van der Waals surface area contributed by atoms with Crippen LogP contribution >= 0.6 is 11.8 Å². The molecule has 0 N–H and O–H groups in total. The fourth-order valence-corrected chi connectivity index (χ4v) is 3.34. The van der Waals surface area contributed by atoms with Crippen LogP contribution in [-0.4, -0.2) is 35.6 Å². The van der Waals surface area contributed by atoms with Crippen molar-refractivity contribution in [2.24, 2.45) is 11.8 Å². The minimum absolute atomic E-state index is 0.0520. The van der Waals surface area contributed by atoms with Gasteiger partial charge in [-0.15, -0.1) is 11.8 Å². The molecule has 1 fully saturated rings. The first-order chi connectivity index (χ1) is 6.66. The van der Waals surface area contributed by atoms with Crippen LogP contribution in [0.15, 0.2) is 12.3 Å². The maximum absolute atomic E-state index is 11.9.